The normalized spacial score (nSPS) is 19.1. The van der Waals surface area contributed by atoms with Crippen LogP contribution in [0.2, 0.25) is 0 Å². The molecule has 11 nitrogen and oxygen atoms in total. The Morgan fingerprint density at radius 3 is 2.50 bits per heavy atom. The van der Waals surface area contributed by atoms with Gasteiger partial charge in [0.05, 0.1) is 20.1 Å². The van der Waals surface area contributed by atoms with Crippen molar-refractivity contribution in [3.05, 3.63) is 29.9 Å². The van der Waals surface area contributed by atoms with Gasteiger partial charge in [0.1, 0.15) is 6.61 Å². The summed E-state index contributed by atoms with van der Waals surface area (Å²) in [5.74, 6) is 1.90. The Kier molecular flexibility index (Phi) is 5.92. The topological polar surface area (TPSA) is 119 Å². The van der Waals surface area contributed by atoms with Gasteiger partial charge in [0.15, 0.2) is 17.3 Å². The molecular weight excluding hydrogens is 418 g/mol. The van der Waals surface area contributed by atoms with Gasteiger partial charge >= 0.3 is 6.03 Å². The lowest BCUT2D eigenvalue weighted by atomic mass is 9.71. The van der Waals surface area contributed by atoms with Crippen molar-refractivity contribution in [2.75, 3.05) is 59.4 Å². The molecule has 1 N–H and O–H groups in total. The van der Waals surface area contributed by atoms with E-state index in [0.29, 0.717) is 55.1 Å². The average molecular weight is 445 g/mol. The Labute approximate surface area is 185 Å². The fourth-order valence-electron chi connectivity index (χ4n) is 4.46. The zero-order valence-corrected chi connectivity index (χ0v) is 18.6. The molecule has 1 aromatic carbocycles. The van der Waals surface area contributed by atoms with Gasteiger partial charge in [-0.3, -0.25) is 4.79 Å². The molecule has 1 unspecified atom stereocenters. The first-order chi connectivity index (χ1) is 15.4. The van der Waals surface area contributed by atoms with Crippen LogP contribution in [0, 0.1) is 12.3 Å². The van der Waals surface area contributed by atoms with E-state index in [1.54, 1.807) is 49.1 Å². The number of nitrogens with one attached hydrogen (secondary N) is 1. The summed E-state index contributed by atoms with van der Waals surface area (Å²) in [6.45, 7) is 3.65. The summed E-state index contributed by atoms with van der Waals surface area (Å²) in [6, 6.07) is 4.96. The molecule has 2 saturated heterocycles. The highest BCUT2D eigenvalue weighted by Crippen LogP contribution is 2.49. The molecule has 0 aliphatic carbocycles. The minimum Gasteiger partial charge on any atom is -0.493 e. The van der Waals surface area contributed by atoms with Crippen molar-refractivity contribution in [3.63, 3.8) is 0 Å². The summed E-state index contributed by atoms with van der Waals surface area (Å²) >= 11 is 0. The van der Waals surface area contributed by atoms with Gasteiger partial charge < -0.3 is 33.9 Å². The van der Waals surface area contributed by atoms with Gasteiger partial charge in [-0.1, -0.05) is 5.16 Å². The van der Waals surface area contributed by atoms with E-state index in [9.17, 15) is 9.59 Å². The van der Waals surface area contributed by atoms with Crippen molar-refractivity contribution in [2.24, 2.45) is 5.41 Å². The number of ether oxygens (including phenoxy) is 3. The average Bonchev–Trinajstić information content (AvgIpc) is 3.36. The summed E-state index contributed by atoms with van der Waals surface area (Å²) < 4.78 is 21.0. The number of hydrogen-bond donors (Lipinski definition) is 1. The summed E-state index contributed by atoms with van der Waals surface area (Å²) in [7, 11) is 4.59. The molecule has 172 valence electrons. The van der Waals surface area contributed by atoms with Crippen LogP contribution < -0.4 is 14.8 Å². The number of aryl methyl sites for hydroxylation is 1. The molecule has 11 heteroatoms. The van der Waals surface area contributed by atoms with E-state index in [4.69, 9.17) is 18.7 Å². The third-order valence-electron chi connectivity index (χ3n) is 6.04. The van der Waals surface area contributed by atoms with Crippen molar-refractivity contribution in [2.45, 2.75) is 12.8 Å². The van der Waals surface area contributed by atoms with Crippen LogP contribution in [-0.4, -0.2) is 86.0 Å². The first kappa shape index (κ1) is 21.9. The van der Waals surface area contributed by atoms with Crippen molar-refractivity contribution in [3.8, 4) is 11.5 Å². The monoisotopic (exact) mass is 445 g/mol. The van der Waals surface area contributed by atoms with E-state index < -0.39 is 0 Å². The summed E-state index contributed by atoms with van der Waals surface area (Å²) in [4.78, 5) is 33.1. The number of urea groups is 1. The lowest BCUT2D eigenvalue weighted by Crippen LogP contribution is -2.62. The van der Waals surface area contributed by atoms with Crippen LogP contribution in [-0.2, 0) is 9.53 Å². The highest BCUT2D eigenvalue weighted by Gasteiger charge is 2.58. The Hall–Kier alpha value is -3.34. The van der Waals surface area contributed by atoms with Gasteiger partial charge in [-0.25, -0.2) is 4.79 Å². The van der Waals surface area contributed by atoms with E-state index in [1.807, 2.05) is 0 Å². The van der Waals surface area contributed by atoms with Crippen molar-refractivity contribution >= 4 is 17.6 Å². The molecule has 0 saturated carbocycles. The number of nitrogens with zero attached hydrogens (tertiary/aromatic N) is 4. The predicted molar refractivity (Wildman–Crippen MR) is 113 cm³/mol. The van der Waals surface area contributed by atoms with Gasteiger partial charge in [0.25, 0.3) is 0 Å². The van der Waals surface area contributed by atoms with Crippen LogP contribution in [0.15, 0.2) is 22.7 Å². The molecule has 2 aliphatic rings. The number of rotatable bonds is 6. The van der Waals surface area contributed by atoms with Crippen LogP contribution in [0.3, 0.4) is 0 Å². The maximum atomic E-state index is 12.8. The molecule has 2 aromatic rings. The predicted octanol–water partition coefficient (Wildman–Crippen LogP) is 1.50. The number of carbonyl (C=O) groups is 2. The van der Waals surface area contributed by atoms with Gasteiger partial charge in [-0.15, -0.1) is 0 Å². The van der Waals surface area contributed by atoms with Crippen LogP contribution in [0.5, 0.6) is 11.5 Å². The molecule has 3 heterocycles. The summed E-state index contributed by atoms with van der Waals surface area (Å²) in [5.41, 5.74) is 0.262. The third kappa shape index (κ3) is 3.95. The van der Waals surface area contributed by atoms with E-state index in [1.165, 1.54) is 7.11 Å². The maximum Gasteiger partial charge on any atom is 0.321 e. The maximum absolute atomic E-state index is 12.8. The molecular formula is C21H27N5O6. The third-order valence-corrected chi connectivity index (χ3v) is 6.04. The highest BCUT2D eigenvalue weighted by atomic mass is 16.5. The first-order valence-corrected chi connectivity index (χ1v) is 10.2. The van der Waals surface area contributed by atoms with E-state index in [2.05, 4.69) is 15.5 Å². The van der Waals surface area contributed by atoms with Crippen molar-refractivity contribution < 1.29 is 28.3 Å². The minimum absolute atomic E-state index is 0.00909. The number of amides is 3. The van der Waals surface area contributed by atoms with E-state index in [0.717, 1.165) is 0 Å². The number of methoxy groups -OCH3 is 3. The zero-order valence-electron chi connectivity index (χ0n) is 18.6. The van der Waals surface area contributed by atoms with E-state index in [-0.39, 0.29) is 29.9 Å². The van der Waals surface area contributed by atoms with Crippen molar-refractivity contribution in [1.82, 2.24) is 19.9 Å². The van der Waals surface area contributed by atoms with Crippen LogP contribution in [0.25, 0.3) is 0 Å². The quantitative estimate of drug-likeness (QED) is 0.711. The Balaban J connectivity index is 1.46. The largest absolute Gasteiger partial charge is 0.493 e. The second-order valence-electron chi connectivity index (χ2n) is 8.16. The van der Waals surface area contributed by atoms with Crippen LogP contribution in [0.1, 0.15) is 17.6 Å². The lowest BCUT2D eigenvalue weighted by molar-refractivity contribution is -0.134. The number of benzene rings is 1. The first-order valence-electron chi connectivity index (χ1n) is 10.2. The number of likely N-dealkylation sites (tertiary alicyclic amines) is 2. The Morgan fingerprint density at radius 2 is 1.88 bits per heavy atom. The fraction of sp³-hybridized carbons (Fsp3) is 0.524. The van der Waals surface area contributed by atoms with Gasteiger partial charge in [0.2, 0.25) is 11.8 Å². The highest BCUT2D eigenvalue weighted by molar-refractivity contribution is 5.90. The van der Waals surface area contributed by atoms with Gasteiger partial charge in [0, 0.05) is 50.5 Å². The summed E-state index contributed by atoms with van der Waals surface area (Å²) in [6.07, 6.45) is 0. The molecule has 4 rings (SSSR count). The van der Waals surface area contributed by atoms with E-state index >= 15 is 0 Å². The molecule has 2 fully saturated rings. The van der Waals surface area contributed by atoms with Crippen molar-refractivity contribution in [1.29, 1.82) is 0 Å². The number of hydrogen-bond acceptors (Lipinski definition) is 8. The molecule has 0 bridgehead atoms. The standard InChI is InChI=1S/C21H27N5O6/c1-13-22-19(32-24-13)15-8-25(18(27)9-29-2)10-21(15)11-26(12-21)20(28)23-14-5-6-16(30-3)17(7-14)31-4/h5-7,15H,8-12H2,1-4H3,(H,23,28). The molecule has 1 spiro atoms. The molecule has 1 aromatic heterocycles. The zero-order chi connectivity index (χ0) is 22.9. The Bertz CT molecular complexity index is 1000. The Morgan fingerprint density at radius 1 is 1.16 bits per heavy atom. The van der Waals surface area contributed by atoms with Gasteiger partial charge in [-0.05, 0) is 19.1 Å². The second kappa shape index (κ2) is 8.65. The molecule has 0 radical (unpaired) electrons. The number of carbonyl (C=O) groups excluding carboxylic acids is 2. The van der Waals surface area contributed by atoms with Crippen LogP contribution >= 0.6 is 0 Å². The van der Waals surface area contributed by atoms with Gasteiger partial charge in [-0.2, -0.15) is 4.98 Å². The fourth-order valence-corrected chi connectivity index (χ4v) is 4.46. The molecule has 3 amide bonds. The lowest BCUT2D eigenvalue weighted by Gasteiger charge is -2.49. The molecule has 32 heavy (non-hydrogen) atoms. The SMILES string of the molecule is COCC(=O)N1CC(c2nc(C)no2)C2(C1)CN(C(=O)Nc1ccc(OC)c(OC)c1)C2. The number of aromatic nitrogens is 2. The van der Waals surface area contributed by atoms with Crippen LogP contribution in [0.4, 0.5) is 10.5 Å². The second-order valence-corrected chi connectivity index (χ2v) is 8.16. The summed E-state index contributed by atoms with van der Waals surface area (Å²) in [5, 5.41) is 6.79. The number of anilines is 1. The molecule has 1 atom stereocenters. The smallest absolute Gasteiger partial charge is 0.321 e. The molecule has 2 aliphatic heterocycles. The minimum atomic E-state index is -0.336.